The summed E-state index contributed by atoms with van der Waals surface area (Å²) in [6.07, 6.45) is 2.01. The molecule has 2 unspecified atom stereocenters. The summed E-state index contributed by atoms with van der Waals surface area (Å²) in [4.78, 5) is 19.4. The Morgan fingerprint density at radius 3 is 2.49 bits per heavy atom. The summed E-state index contributed by atoms with van der Waals surface area (Å²) in [5.41, 5.74) is 5.90. The monoisotopic (exact) mass is 513 g/mol. The second-order valence-electron chi connectivity index (χ2n) is 9.12. The van der Waals surface area contributed by atoms with Crippen LogP contribution in [0.25, 0.3) is 5.69 Å². The Morgan fingerprint density at radius 1 is 1.05 bits per heavy atom. The number of para-hydroxylation sites is 1. The summed E-state index contributed by atoms with van der Waals surface area (Å²) < 4.78 is 15.5. The summed E-state index contributed by atoms with van der Waals surface area (Å²) in [6, 6.07) is 23.7. The molecule has 37 heavy (non-hydrogen) atoms. The lowest BCUT2D eigenvalue weighted by Gasteiger charge is -2.28. The van der Waals surface area contributed by atoms with Crippen molar-refractivity contribution in [2.75, 3.05) is 11.9 Å². The first-order valence-electron chi connectivity index (χ1n) is 12.2. The molecule has 2 aromatic heterocycles. The number of pyridine rings is 1. The Hall–Kier alpha value is -4.04. The van der Waals surface area contributed by atoms with Crippen LogP contribution in [0.3, 0.4) is 0 Å². The van der Waals surface area contributed by atoms with E-state index in [0.717, 1.165) is 28.3 Å². The summed E-state index contributed by atoms with van der Waals surface area (Å²) in [7, 11) is 0. The van der Waals surface area contributed by atoms with Gasteiger partial charge in [-0.25, -0.2) is 4.39 Å². The van der Waals surface area contributed by atoms with Crippen LogP contribution in [0.2, 0.25) is 0 Å². The van der Waals surface area contributed by atoms with E-state index in [9.17, 15) is 9.18 Å². The van der Waals surface area contributed by atoms with Crippen LogP contribution in [0.1, 0.15) is 41.1 Å². The molecular formula is C29H28FN5OS. The Bertz CT molecular complexity index is 1410. The molecule has 0 saturated carbocycles. The minimum atomic E-state index is -0.344. The molecule has 0 aliphatic carbocycles. The molecule has 8 heteroatoms. The van der Waals surface area contributed by atoms with E-state index >= 15 is 0 Å². The average Bonchev–Trinajstić information content (AvgIpc) is 3.39. The highest BCUT2D eigenvalue weighted by Gasteiger charge is 2.41. The van der Waals surface area contributed by atoms with Crippen LogP contribution in [-0.2, 0) is 4.79 Å². The first-order valence-corrected chi connectivity index (χ1v) is 12.6. The van der Waals surface area contributed by atoms with Crippen molar-refractivity contribution in [3.05, 3.63) is 114 Å². The van der Waals surface area contributed by atoms with Crippen LogP contribution in [-0.4, -0.2) is 32.0 Å². The van der Waals surface area contributed by atoms with Crippen LogP contribution in [0, 0.1) is 19.7 Å². The quantitative estimate of drug-likeness (QED) is 0.314. The van der Waals surface area contributed by atoms with Crippen molar-refractivity contribution in [2.45, 2.75) is 32.4 Å². The number of carbonyl (C=O) groups is 1. The van der Waals surface area contributed by atoms with Gasteiger partial charge in [-0.2, -0.15) is 0 Å². The van der Waals surface area contributed by atoms with E-state index in [1.807, 2.05) is 36.4 Å². The molecule has 1 amide bonds. The summed E-state index contributed by atoms with van der Waals surface area (Å²) in [5.74, 6) is -0.507. The molecule has 2 N–H and O–H groups in total. The maximum absolute atomic E-state index is 13.2. The Balaban J connectivity index is 1.45. The molecule has 1 aliphatic rings. The van der Waals surface area contributed by atoms with Gasteiger partial charge in [-0.15, -0.1) is 0 Å². The molecule has 1 fully saturated rings. The average molecular weight is 514 g/mol. The number of hydrogen-bond acceptors (Lipinski definition) is 3. The second kappa shape index (κ2) is 10.5. The van der Waals surface area contributed by atoms with E-state index in [0.29, 0.717) is 17.3 Å². The fourth-order valence-electron chi connectivity index (χ4n) is 5.02. The molecule has 0 spiro atoms. The van der Waals surface area contributed by atoms with Gasteiger partial charge in [0.25, 0.3) is 0 Å². The number of amides is 1. The van der Waals surface area contributed by atoms with Gasteiger partial charge in [0.05, 0.1) is 17.8 Å². The van der Waals surface area contributed by atoms with Crippen LogP contribution in [0.5, 0.6) is 0 Å². The molecule has 1 saturated heterocycles. The van der Waals surface area contributed by atoms with Gasteiger partial charge in [-0.3, -0.25) is 9.78 Å². The Kier molecular flexibility index (Phi) is 7.01. The fraction of sp³-hybridized carbons (Fsp3) is 0.207. The van der Waals surface area contributed by atoms with Crippen molar-refractivity contribution in [3.8, 4) is 5.69 Å². The van der Waals surface area contributed by atoms with Crippen molar-refractivity contribution < 1.29 is 9.18 Å². The van der Waals surface area contributed by atoms with E-state index < -0.39 is 0 Å². The van der Waals surface area contributed by atoms with Gasteiger partial charge in [0.2, 0.25) is 5.91 Å². The lowest BCUT2D eigenvalue weighted by molar-refractivity contribution is -0.116. The molecule has 2 atom stereocenters. The number of anilines is 1. The predicted molar refractivity (Wildman–Crippen MR) is 147 cm³/mol. The molecule has 3 heterocycles. The molecule has 0 radical (unpaired) electrons. The summed E-state index contributed by atoms with van der Waals surface area (Å²) in [6.45, 7) is 4.63. The van der Waals surface area contributed by atoms with Crippen molar-refractivity contribution in [3.63, 3.8) is 0 Å². The van der Waals surface area contributed by atoms with Gasteiger partial charge in [0.1, 0.15) is 5.82 Å². The number of rotatable bonds is 7. The first kappa shape index (κ1) is 24.6. The summed E-state index contributed by atoms with van der Waals surface area (Å²) in [5, 5.41) is 6.88. The van der Waals surface area contributed by atoms with Crippen LogP contribution in [0.15, 0.2) is 85.1 Å². The number of aromatic nitrogens is 2. The number of nitrogens with zero attached hydrogens (tertiary/aromatic N) is 3. The molecule has 2 aromatic carbocycles. The zero-order chi connectivity index (χ0) is 25.9. The minimum Gasteiger partial charge on any atom is -0.352 e. The number of benzene rings is 2. The topological polar surface area (TPSA) is 62.2 Å². The van der Waals surface area contributed by atoms with Gasteiger partial charge >= 0.3 is 0 Å². The van der Waals surface area contributed by atoms with Gasteiger partial charge < -0.3 is 20.1 Å². The lowest BCUT2D eigenvalue weighted by atomic mass is 9.96. The minimum absolute atomic E-state index is 0.148. The highest BCUT2D eigenvalue weighted by Crippen LogP contribution is 2.41. The van der Waals surface area contributed by atoms with Gasteiger partial charge in [-0.05, 0) is 86.2 Å². The normalized spacial score (nSPS) is 17.1. The number of hydrogen-bond donors (Lipinski definition) is 2. The molecule has 1 aliphatic heterocycles. The molecule has 188 valence electrons. The standard InChI is InChI=1S/C29H28FN5OS/c1-19-18-24(20(2)35(19)23-8-4-3-5-9-23)28-27(25-10-6-7-16-31-25)33-29(37)34(28)17-15-26(36)32-22-13-11-21(30)12-14-22/h3-14,16,18,27-28H,15,17H2,1-2H3,(H,32,36)(H,33,37). The van der Waals surface area contributed by atoms with Gasteiger partial charge in [0.15, 0.2) is 5.11 Å². The van der Waals surface area contributed by atoms with Crippen LogP contribution in [0.4, 0.5) is 10.1 Å². The molecule has 6 nitrogen and oxygen atoms in total. The van der Waals surface area contributed by atoms with Crippen molar-refractivity contribution in [2.24, 2.45) is 0 Å². The number of nitrogens with one attached hydrogen (secondary N) is 2. The zero-order valence-electron chi connectivity index (χ0n) is 20.7. The van der Waals surface area contributed by atoms with E-state index in [2.05, 4.69) is 57.1 Å². The Labute approximate surface area is 221 Å². The maximum atomic E-state index is 13.2. The first-order chi connectivity index (χ1) is 17.9. The fourth-order valence-corrected chi connectivity index (χ4v) is 5.36. The SMILES string of the molecule is Cc1cc(C2C(c3ccccn3)NC(=S)N2CCC(=O)Nc2ccc(F)cc2)c(C)n1-c1ccccc1. The molecular weight excluding hydrogens is 485 g/mol. The predicted octanol–water partition coefficient (Wildman–Crippen LogP) is 5.63. The van der Waals surface area contributed by atoms with E-state index in [1.54, 1.807) is 18.3 Å². The molecule has 5 rings (SSSR count). The number of carbonyl (C=O) groups excluding carboxylic acids is 1. The zero-order valence-corrected chi connectivity index (χ0v) is 21.5. The van der Waals surface area contributed by atoms with Gasteiger partial charge in [0, 0.05) is 41.9 Å². The Morgan fingerprint density at radius 2 is 1.78 bits per heavy atom. The highest BCUT2D eigenvalue weighted by molar-refractivity contribution is 7.80. The maximum Gasteiger partial charge on any atom is 0.226 e. The number of halogens is 1. The number of aryl methyl sites for hydroxylation is 1. The van der Waals surface area contributed by atoms with Crippen molar-refractivity contribution in [1.82, 2.24) is 19.8 Å². The number of thiocarbonyl (C=S) groups is 1. The smallest absolute Gasteiger partial charge is 0.226 e. The third-order valence-corrected chi connectivity index (χ3v) is 7.06. The molecule has 4 aromatic rings. The van der Waals surface area contributed by atoms with Crippen LogP contribution >= 0.6 is 12.2 Å². The van der Waals surface area contributed by atoms with Crippen LogP contribution < -0.4 is 10.6 Å². The molecule has 0 bridgehead atoms. The van der Waals surface area contributed by atoms with E-state index in [4.69, 9.17) is 12.2 Å². The van der Waals surface area contributed by atoms with Crippen molar-refractivity contribution >= 4 is 28.9 Å². The van der Waals surface area contributed by atoms with E-state index in [1.165, 1.54) is 12.1 Å². The summed E-state index contributed by atoms with van der Waals surface area (Å²) >= 11 is 5.77. The highest BCUT2D eigenvalue weighted by atomic mass is 32.1. The van der Waals surface area contributed by atoms with Gasteiger partial charge in [-0.1, -0.05) is 24.3 Å². The third kappa shape index (κ3) is 5.11. The largest absolute Gasteiger partial charge is 0.352 e. The van der Waals surface area contributed by atoms with E-state index in [-0.39, 0.29) is 30.2 Å². The third-order valence-electron chi connectivity index (χ3n) is 6.71. The van der Waals surface area contributed by atoms with Crippen molar-refractivity contribution in [1.29, 1.82) is 0 Å². The lowest BCUT2D eigenvalue weighted by Crippen LogP contribution is -2.32. The second-order valence-corrected chi connectivity index (χ2v) is 9.51.